The van der Waals surface area contributed by atoms with Crippen LogP contribution in [0.25, 0.3) is 10.9 Å². The molecule has 0 unspecified atom stereocenters. The predicted molar refractivity (Wildman–Crippen MR) is 88.7 cm³/mol. The smallest absolute Gasteiger partial charge is 0.261 e. The Morgan fingerprint density at radius 1 is 1.13 bits per heavy atom. The fraction of sp³-hybridized carbons (Fsp3) is 0.222. The van der Waals surface area contributed by atoms with Gasteiger partial charge in [-0.15, -0.1) is 0 Å². The molecule has 23 heavy (non-hydrogen) atoms. The number of aliphatic hydroxyl groups is 1. The van der Waals surface area contributed by atoms with E-state index in [1.165, 1.54) is 4.57 Å². The molecule has 5 nitrogen and oxygen atoms in total. The maximum absolute atomic E-state index is 12.5. The monoisotopic (exact) mass is 310 g/mol. The number of fused-ring (bicyclic) bond motifs is 1. The van der Waals surface area contributed by atoms with Gasteiger partial charge >= 0.3 is 0 Å². The van der Waals surface area contributed by atoms with Crippen molar-refractivity contribution in [3.8, 4) is 5.75 Å². The summed E-state index contributed by atoms with van der Waals surface area (Å²) in [6.45, 7) is 2.02. The highest BCUT2D eigenvalue weighted by Crippen LogP contribution is 2.10. The molecule has 0 aliphatic rings. The summed E-state index contributed by atoms with van der Waals surface area (Å²) < 4.78 is 7.01. The van der Waals surface area contributed by atoms with E-state index < -0.39 is 6.10 Å². The lowest BCUT2D eigenvalue weighted by molar-refractivity contribution is 0.0909. The van der Waals surface area contributed by atoms with Crippen molar-refractivity contribution in [2.45, 2.75) is 19.6 Å². The van der Waals surface area contributed by atoms with Crippen LogP contribution in [-0.4, -0.2) is 27.4 Å². The number of benzene rings is 2. The van der Waals surface area contributed by atoms with Gasteiger partial charge in [0.2, 0.25) is 0 Å². The van der Waals surface area contributed by atoms with Crippen LogP contribution in [0.15, 0.2) is 59.4 Å². The Bertz CT molecular complexity index is 859. The molecule has 0 aliphatic heterocycles. The predicted octanol–water partition coefficient (Wildman–Crippen LogP) is 2.14. The fourth-order valence-electron chi connectivity index (χ4n) is 2.47. The number of hydrogen-bond donors (Lipinski definition) is 1. The van der Waals surface area contributed by atoms with E-state index >= 15 is 0 Å². The van der Waals surface area contributed by atoms with Crippen LogP contribution in [0.3, 0.4) is 0 Å². The number of ether oxygens (including phenoxy) is 1. The van der Waals surface area contributed by atoms with Gasteiger partial charge in [-0.25, -0.2) is 4.98 Å². The van der Waals surface area contributed by atoms with Crippen molar-refractivity contribution < 1.29 is 9.84 Å². The molecule has 1 heterocycles. The van der Waals surface area contributed by atoms with Crippen LogP contribution in [0.1, 0.15) is 5.82 Å². The average Bonchev–Trinajstić information content (AvgIpc) is 2.58. The van der Waals surface area contributed by atoms with Crippen molar-refractivity contribution in [2.24, 2.45) is 0 Å². The van der Waals surface area contributed by atoms with Gasteiger partial charge in [-0.2, -0.15) is 0 Å². The quantitative estimate of drug-likeness (QED) is 0.784. The number of aryl methyl sites for hydroxylation is 1. The second-order valence-electron chi connectivity index (χ2n) is 5.37. The van der Waals surface area contributed by atoms with Crippen molar-refractivity contribution in [3.63, 3.8) is 0 Å². The summed E-state index contributed by atoms with van der Waals surface area (Å²) in [5.74, 6) is 1.26. The van der Waals surface area contributed by atoms with Crippen LogP contribution in [0.4, 0.5) is 0 Å². The Labute approximate surface area is 133 Å². The topological polar surface area (TPSA) is 64.4 Å². The SMILES string of the molecule is Cc1nc2ccccc2c(=O)n1C[C@@H](O)COc1ccccc1. The molecule has 1 N–H and O–H groups in total. The summed E-state index contributed by atoms with van der Waals surface area (Å²) in [6.07, 6.45) is -0.797. The molecule has 5 heteroatoms. The second kappa shape index (κ2) is 6.62. The zero-order valence-corrected chi connectivity index (χ0v) is 12.8. The Morgan fingerprint density at radius 2 is 1.83 bits per heavy atom. The molecule has 3 aromatic rings. The van der Waals surface area contributed by atoms with Crippen LogP contribution < -0.4 is 10.3 Å². The minimum atomic E-state index is -0.797. The summed E-state index contributed by atoms with van der Waals surface area (Å²) in [6, 6.07) is 16.5. The van der Waals surface area contributed by atoms with E-state index in [0.29, 0.717) is 22.5 Å². The van der Waals surface area contributed by atoms with Crippen molar-refractivity contribution in [2.75, 3.05) is 6.61 Å². The lowest BCUT2D eigenvalue weighted by atomic mass is 10.2. The summed E-state index contributed by atoms with van der Waals surface area (Å²) in [4.78, 5) is 16.9. The molecular weight excluding hydrogens is 292 g/mol. The summed E-state index contributed by atoms with van der Waals surface area (Å²) in [5.41, 5.74) is 0.521. The van der Waals surface area contributed by atoms with Crippen molar-refractivity contribution in [3.05, 3.63) is 70.8 Å². The van der Waals surface area contributed by atoms with Gasteiger partial charge in [0.05, 0.1) is 17.4 Å². The first-order valence-electron chi connectivity index (χ1n) is 7.47. The molecular formula is C18H18N2O3. The van der Waals surface area contributed by atoms with Gasteiger partial charge < -0.3 is 9.84 Å². The number of aromatic nitrogens is 2. The first kappa shape index (κ1) is 15.2. The molecule has 0 radical (unpaired) electrons. The van der Waals surface area contributed by atoms with Crippen LogP contribution in [0.5, 0.6) is 5.75 Å². The minimum Gasteiger partial charge on any atom is -0.491 e. The molecule has 0 spiro atoms. The molecule has 0 saturated heterocycles. The molecule has 0 fully saturated rings. The third-order valence-electron chi connectivity index (χ3n) is 3.63. The van der Waals surface area contributed by atoms with Crippen molar-refractivity contribution in [1.82, 2.24) is 9.55 Å². The Hall–Kier alpha value is -2.66. The molecule has 3 rings (SSSR count). The van der Waals surface area contributed by atoms with Gasteiger partial charge in [0.15, 0.2) is 0 Å². The van der Waals surface area contributed by atoms with Crippen molar-refractivity contribution >= 4 is 10.9 Å². The Morgan fingerprint density at radius 3 is 2.61 bits per heavy atom. The van der Waals surface area contributed by atoms with E-state index in [-0.39, 0.29) is 18.7 Å². The number of hydrogen-bond acceptors (Lipinski definition) is 4. The largest absolute Gasteiger partial charge is 0.491 e. The molecule has 0 bridgehead atoms. The van der Waals surface area contributed by atoms with Gasteiger partial charge in [-0.1, -0.05) is 30.3 Å². The van der Waals surface area contributed by atoms with Gasteiger partial charge in [-0.3, -0.25) is 9.36 Å². The molecule has 0 amide bonds. The third kappa shape index (κ3) is 3.40. The van der Waals surface area contributed by atoms with E-state index in [1.54, 1.807) is 19.1 Å². The first-order chi connectivity index (χ1) is 11.1. The van der Waals surface area contributed by atoms with E-state index in [9.17, 15) is 9.90 Å². The summed E-state index contributed by atoms with van der Waals surface area (Å²) in [7, 11) is 0. The third-order valence-corrected chi connectivity index (χ3v) is 3.63. The van der Waals surface area contributed by atoms with E-state index in [1.807, 2.05) is 42.5 Å². The highest BCUT2D eigenvalue weighted by Gasteiger charge is 2.12. The van der Waals surface area contributed by atoms with E-state index in [4.69, 9.17) is 4.74 Å². The Balaban J connectivity index is 1.77. The van der Waals surface area contributed by atoms with Gasteiger partial charge in [0.1, 0.15) is 24.3 Å². The number of rotatable bonds is 5. The summed E-state index contributed by atoms with van der Waals surface area (Å²) in [5, 5.41) is 10.7. The van der Waals surface area contributed by atoms with Crippen LogP contribution in [-0.2, 0) is 6.54 Å². The second-order valence-corrected chi connectivity index (χ2v) is 5.37. The molecule has 1 aromatic heterocycles. The Kier molecular flexibility index (Phi) is 4.39. The zero-order chi connectivity index (χ0) is 16.2. The van der Waals surface area contributed by atoms with Crippen LogP contribution in [0, 0.1) is 6.92 Å². The van der Waals surface area contributed by atoms with Gasteiger partial charge in [-0.05, 0) is 31.2 Å². The van der Waals surface area contributed by atoms with Crippen molar-refractivity contribution in [1.29, 1.82) is 0 Å². The molecule has 1 atom stereocenters. The summed E-state index contributed by atoms with van der Waals surface area (Å²) >= 11 is 0. The number of nitrogens with zero attached hydrogens (tertiary/aromatic N) is 2. The van der Waals surface area contributed by atoms with Gasteiger partial charge in [0.25, 0.3) is 5.56 Å². The van der Waals surface area contributed by atoms with E-state index in [0.717, 1.165) is 0 Å². The lowest BCUT2D eigenvalue weighted by Gasteiger charge is -2.16. The van der Waals surface area contributed by atoms with Crippen LogP contribution in [0.2, 0.25) is 0 Å². The molecule has 0 aliphatic carbocycles. The number of aliphatic hydroxyl groups excluding tert-OH is 1. The maximum Gasteiger partial charge on any atom is 0.261 e. The fourth-order valence-corrected chi connectivity index (χ4v) is 2.47. The van der Waals surface area contributed by atoms with Gasteiger partial charge in [0, 0.05) is 0 Å². The first-order valence-corrected chi connectivity index (χ1v) is 7.47. The zero-order valence-electron chi connectivity index (χ0n) is 12.8. The average molecular weight is 310 g/mol. The maximum atomic E-state index is 12.5. The standard InChI is InChI=1S/C18H18N2O3/c1-13-19-17-10-6-5-9-16(17)18(22)20(13)11-14(21)12-23-15-7-3-2-4-8-15/h2-10,14,21H,11-12H2,1H3/t14-/m1/s1. The molecule has 118 valence electrons. The molecule has 2 aromatic carbocycles. The highest BCUT2D eigenvalue weighted by molar-refractivity contribution is 5.77. The highest BCUT2D eigenvalue weighted by atomic mass is 16.5. The number of para-hydroxylation sites is 2. The molecule has 0 saturated carbocycles. The van der Waals surface area contributed by atoms with E-state index in [2.05, 4.69) is 4.98 Å². The normalized spacial score (nSPS) is 12.3. The van der Waals surface area contributed by atoms with Crippen LogP contribution >= 0.6 is 0 Å². The lowest BCUT2D eigenvalue weighted by Crippen LogP contribution is -2.32. The minimum absolute atomic E-state index is 0.114.